The Balaban J connectivity index is 1.23. The maximum Gasteiger partial charge on any atom is 0.319 e. The van der Waals surface area contributed by atoms with Crippen LogP contribution >= 0.6 is 11.8 Å². The zero-order valence-corrected chi connectivity index (χ0v) is 25.6. The van der Waals surface area contributed by atoms with Gasteiger partial charge in [-0.1, -0.05) is 12.1 Å². The van der Waals surface area contributed by atoms with Crippen LogP contribution in [0.25, 0.3) is 32.8 Å². The van der Waals surface area contributed by atoms with Gasteiger partial charge in [-0.05, 0) is 86.0 Å². The van der Waals surface area contributed by atoms with E-state index in [1.807, 2.05) is 11.8 Å². The highest BCUT2D eigenvalue weighted by Gasteiger charge is 2.49. The summed E-state index contributed by atoms with van der Waals surface area (Å²) in [4.78, 5) is 13.7. The molecule has 4 saturated heterocycles. The van der Waals surface area contributed by atoms with Gasteiger partial charge in [0.05, 0.1) is 5.54 Å². The number of phenols is 1. The summed E-state index contributed by atoms with van der Waals surface area (Å²) in [6.45, 7) is 2.90. The summed E-state index contributed by atoms with van der Waals surface area (Å²) in [6, 6.07) is 8.10. The van der Waals surface area contributed by atoms with Crippen LogP contribution < -0.4 is 9.64 Å². The van der Waals surface area contributed by atoms with Crippen molar-refractivity contribution >= 4 is 39.3 Å². The molecule has 0 saturated carbocycles. The first kappa shape index (κ1) is 29.1. The third-order valence-electron chi connectivity index (χ3n) is 10.4. The number of aromatic nitrogens is 2. The average Bonchev–Trinajstić information content (AvgIpc) is 3.72. The number of phenolic OH excluding ortho intramolecular Hbond substituents is 1. The van der Waals surface area contributed by atoms with Gasteiger partial charge in [0.15, 0.2) is 17.5 Å². The third kappa shape index (κ3) is 4.88. The molecule has 3 aromatic carbocycles. The number of benzene rings is 3. The number of ether oxygens (including phenoxy) is 1. The van der Waals surface area contributed by atoms with Gasteiger partial charge in [-0.3, -0.25) is 4.90 Å². The molecule has 11 heteroatoms. The minimum atomic E-state index is -1.12. The first-order valence-electron chi connectivity index (χ1n) is 15.8. The van der Waals surface area contributed by atoms with Crippen molar-refractivity contribution < 1.29 is 27.4 Å². The highest BCUT2D eigenvalue weighted by atomic mass is 32.2. The molecule has 4 aliphatic heterocycles. The SMILES string of the molecule is Oc1cc(-c2ccc3c(N4CCC5(CCCS5)CC4)nc(OC[C@@]45CCCN4C[C@H](F)C5)nc3c2F)c2c(F)c(F)ccc2c1. The monoisotopic (exact) mass is 638 g/mol. The molecule has 0 bridgehead atoms. The van der Waals surface area contributed by atoms with Crippen LogP contribution in [-0.4, -0.2) is 75.0 Å². The van der Waals surface area contributed by atoms with Crippen molar-refractivity contribution in [2.45, 2.75) is 61.4 Å². The Morgan fingerprint density at radius 2 is 1.78 bits per heavy atom. The molecular formula is C34H34F4N4O2S. The highest BCUT2D eigenvalue weighted by Crippen LogP contribution is 2.47. The maximum absolute atomic E-state index is 16.7. The van der Waals surface area contributed by atoms with Gasteiger partial charge < -0.3 is 14.7 Å². The van der Waals surface area contributed by atoms with Crippen LogP contribution in [0.15, 0.2) is 36.4 Å². The van der Waals surface area contributed by atoms with E-state index in [0.29, 0.717) is 24.2 Å². The van der Waals surface area contributed by atoms with Gasteiger partial charge in [-0.2, -0.15) is 21.7 Å². The summed E-state index contributed by atoms with van der Waals surface area (Å²) in [5.41, 5.74) is -0.452. The van der Waals surface area contributed by atoms with Crippen molar-refractivity contribution in [1.82, 2.24) is 14.9 Å². The number of fused-ring (bicyclic) bond motifs is 3. The first-order chi connectivity index (χ1) is 21.7. The lowest BCUT2D eigenvalue weighted by Crippen LogP contribution is -2.43. The van der Waals surface area contributed by atoms with E-state index in [1.54, 1.807) is 6.07 Å². The van der Waals surface area contributed by atoms with Crippen LogP contribution in [0.4, 0.5) is 23.4 Å². The number of hydrogen-bond donors (Lipinski definition) is 1. The Kier molecular flexibility index (Phi) is 7.05. The Hall–Kier alpha value is -3.31. The summed E-state index contributed by atoms with van der Waals surface area (Å²) >= 11 is 2.05. The van der Waals surface area contributed by atoms with E-state index >= 15 is 8.78 Å². The van der Waals surface area contributed by atoms with E-state index in [9.17, 15) is 13.9 Å². The fourth-order valence-electron chi connectivity index (χ4n) is 8.16. The van der Waals surface area contributed by atoms with E-state index in [0.717, 1.165) is 51.4 Å². The molecule has 236 valence electrons. The quantitative estimate of drug-likeness (QED) is 0.229. The first-order valence-corrected chi connectivity index (χ1v) is 16.8. The summed E-state index contributed by atoms with van der Waals surface area (Å²) in [5.74, 6) is -1.40. The lowest BCUT2D eigenvalue weighted by molar-refractivity contribution is 0.107. The van der Waals surface area contributed by atoms with Crippen LogP contribution in [0, 0.1) is 17.5 Å². The van der Waals surface area contributed by atoms with Gasteiger partial charge in [-0.15, -0.1) is 0 Å². The van der Waals surface area contributed by atoms with Crippen LogP contribution in [0.3, 0.4) is 0 Å². The molecule has 4 fully saturated rings. The molecular weight excluding hydrogens is 604 g/mol. The van der Waals surface area contributed by atoms with Crippen molar-refractivity contribution in [2.24, 2.45) is 0 Å². The minimum absolute atomic E-state index is 0.00519. The summed E-state index contributed by atoms with van der Waals surface area (Å²) < 4.78 is 67.1. The summed E-state index contributed by atoms with van der Waals surface area (Å²) in [6.07, 6.45) is 5.64. The number of nitrogens with zero attached hydrogens (tertiary/aromatic N) is 4. The van der Waals surface area contributed by atoms with Crippen molar-refractivity contribution in [3.8, 4) is 22.9 Å². The number of hydrogen-bond acceptors (Lipinski definition) is 7. The standard InChI is InChI=1S/C34H34F4N4O2S/c35-21-17-33(7-1-11-42(33)18-21)19-44-32-39-30-24(31(40-32)41-12-9-34(10-13-41)8-2-14-45-34)5-4-23(28(30)37)25-16-22(43)15-20-3-6-26(36)29(38)27(20)25/h3-6,15-16,21,43H,1-2,7-14,17-19H2/t21-,33+/m1/s1. The topological polar surface area (TPSA) is 61.7 Å². The Morgan fingerprint density at radius 1 is 0.933 bits per heavy atom. The Bertz CT molecular complexity index is 1810. The van der Waals surface area contributed by atoms with E-state index in [4.69, 9.17) is 9.72 Å². The number of aromatic hydroxyl groups is 1. The van der Waals surface area contributed by atoms with Gasteiger partial charge in [0.1, 0.15) is 29.9 Å². The normalized spacial score (nSPS) is 24.7. The molecule has 0 radical (unpaired) electrons. The lowest BCUT2D eigenvalue weighted by atomic mass is 9.91. The molecule has 2 atom stereocenters. The molecule has 0 amide bonds. The highest BCUT2D eigenvalue weighted by molar-refractivity contribution is 8.00. The molecule has 8 rings (SSSR count). The van der Waals surface area contributed by atoms with Crippen LogP contribution in [0.2, 0.25) is 0 Å². The second-order valence-electron chi connectivity index (χ2n) is 13.1. The van der Waals surface area contributed by atoms with Gasteiger partial charge in [0.25, 0.3) is 0 Å². The van der Waals surface area contributed by atoms with Gasteiger partial charge in [0, 0.05) is 47.1 Å². The summed E-state index contributed by atoms with van der Waals surface area (Å²) in [7, 11) is 0. The Labute approximate surface area is 262 Å². The molecule has 45 heavy (non-hydrogen) atoms. The van der Waals surface area contributed by atoms with Gasteiger partial charge in [0.2, 0.25) is 0 Å². The van der Waals surface area contributed by atoms with E-state index in [2.05, 4.69) is 14.8 Å². The average molecular weight is 639 g/mol. The lowest BCUT2D eigenvalue weighted by Gasteiger charge is -2.39. The largest absolute Gasteiger partial charge is 0.508 e. The zero-order chi connectivity index (χ0) is 30.9. The fraction of sp³-hybridized carbons (Fsp3) is 0.471. The molecule has 0 unspecified atom stereocenters. The van der Waals surface area contributed by atoms with Crippen molar-refractivity contribution in [3.05, 3.63) is 53.8 Å². The molecule has 6 nitrogen and oxygen atoms in total. The fourth-order valence-corrected chi connectivity index (χ4v) is 9.64. The molecule has 4 aliphatic rings. The number of thioether (sulfide) groups is 1. The maximum atomic E-state index is 16.7. The van der Waals surface area contributed by atoms with Crippen molar-refractivity contribution in [2.75, 3.05) is 43.4 Å². The number of alkyl halides is 1. The second-order valence-corrected chi connectivity index (χ2v) is 14.7. The van der Waals surface area contributed by atoms with Crippen LogP contribution in [-0.2, 0) is 0 Å². The Morgan fingerprint density at radius 3 is 2.58 bits per heavy atom. The van der Waals surface area contributed by atoms with E-state index in [-0.39, 0.29) is 50.5 Å². The van der Waals surface area contributed by atoms with E-state index in [1.165, 1.54) is 42.9 Å². The molecule has 4 aromatic rings. The van der Waals surface area contributed by atoms with Crippen LogP contribution in [0.1, 0.15) is 44.9 Å². The second kappa shape index (κ2) is 10.9. The predicted molar refractivity (Wildman–Crippen MR) is 168 cm³/mol. The molecule has 1 N–H and O–H groups in total. The van der Waals surface area contributed by atoms with Gasteiger partial charge >= 0.3 is 6.01 Å². The zero-order valence-electron chi connectivity index (χ0n) is 24.8. The molecule has 1 spiro atoms. The smallest absolute Gasteiger partial charge is 0.319 e. The number of halogens is 4. The predicted octanol–water partition coefficient (Wildman–Crippen LogP) is 7.39. The third-order valence-corrected chi connectivity index (χ3v) is 12.2. The van der Waals surface area contributed by atoms with Gasteiger partial charge in [-0.25, -0.2) is 17.6 Å². The molecule has 1 aromatic heterocycles. The van der Waals surface area contributed by atoms with E-state index < -0.39 is 29.2 Å². The number of rotatable bonds is 5. The van der Waals surface area contributed by atoms with Crippen LogP contribution in [0.5, 0.6) is 11.8 Å². The number of piperidine rings is 1. The number of anilines is 1. The molecule has 5 heterocycles. The minimum Gasteiger partial charge on any atom is -0.508 e. The summed E-state index contributed by atoms with van der Waals surface area (Å²) in [5, 5.41) is 11.0. The van der Waals surface area contributed by atoms with Crippen molar-refractivity contribution in [1.29, 1.82) is 0 Å². The van der Waals surface area contributed by atoms with Crippen molar-refractivity contribution in [3.63, 3.8) is 0 Å². The molecule has 0 aliphatic carbocycles.